The van der Waals surface area contributed by atoms with Gasteiger partial charge in [0, 0.05) is 11.0 Å². The van der Waals surface area contributed by atoms with Crippen molar-refractivity contribution in [1.82, 2.24) is 0 Å². The maximum atomic E-state index is 5.65. The summed E-state index contributed by atoms with van der Waals surface area (Å²) in [6, 6.07) is 8.52. The first-order chi connectivity index (χ1) is 6.33. The lowest BCUT2D eigenvalue weighted by Gasteiger charge is -2.26. The van der Waals surface area contributed by atoms with Crippen LogP contribution in [0.5, 0.6) is 5.75 Å². The molecule has 1 fully saturated rings. The van der Waals surface area contributed by atoms with Gasteiger partial charge in [-0.05, 0) is 24.8 Å². The van der Waals surface area contributed by atoms with Crippen molar-refractivity contribution >= 4 is 0 Å². The minimum Gasteiger partial charge on any atom is -0.493 e. The summed E-state index contributed by atoms with van der Waals surface area (Å²) < 4.78 is 5.65. The van der Waals surface area contributed by atoms with Gasteiger partial charge in [-0.1, -0.05) is 25.1 Å². The molecule has 0 N–H and O–H groups in total. The van der Waals surface area contributed by atoms with E-state index in [-0.39, 0.29) is 0 Å². The van der Waals surface area contributed by atoms with E-state index in [1.165, 1.54) is 18.4 Å². The predicted molar refractivity (Wildman–Crippen MR) is 52.0 cm³/mol. The molecule has 0 radical (unpaired) electrons. The first kappa shape index (κ1) is 7.43. The van der Waals surface area contributed by atoms with Gasteiger partial charge in [0.05, 0.1) is 6.61 Å². The van der Waals surface area contributed by atoms with Crippen molar-refractivity contribution in [3.05, 3.63) is 29.8 Å². The fourth-order valence-corrected chi connectivity index (χ4v) is 2.69. The Morgan fingerprint density at radius 3 is 2.92 bits per heavy atom. The van der Waals surface area contributed by atoms with Gasteiger partial charge in [0.15, 0.2) is 0 Å². The zero-order valence-corrected chi connectivity index (χ0v) is 7.92. The number of hydrogen-bond donors (Lipinski definition) is 0. The van der Waals surface area contributed by atoms with Crippen LogP contribution in [0.25, 0.3) is 0 Å². The molecule has 1 nitrogen and oxygen atoms in total. The number of ether oxygens (including phenoxy) is 1. The Kier molecular flexibility index (Phi) is 1.30. The monoisotopic (exact) mass is 174 g/mol. The highest BCUT2D eigenvalue weighted by atomic mass is 16.5. The molecule has 0 saturated heterocycles. The molecule has 0 unspecified atom stereocenters. The SMILES string of the molecule is C[C@@H]1C[C@]12CCOc1ccccc12. The van der Waals surface area contributed by atoms with Gasteiger partial charge in [-0.15, -0.1) is 0 Å². The van der Waals surface area contributed by atoms with Gasteiger partial charge in [-0.2, -0.15) is 0 Å². The van der Waals surface area contributed by atoms with E-state index in [1.54, 1.807) is 0 Å². The number of fused-ring (bicyclic) bond motifs is 2. The van der Waals surface area contributed by atoms with E-state index in [1.807, 2.05) is 0 Å². The van der Waals surface area contributed by atoms with Crippen molar-refractivity contribution < 1.29 is 4.74 Å². The Hall–Kier alpha value is -0.980. The summed E-state index contributed by atoms with van der Waals surface area (Å²) in [7, 11) is 0. The van der Waals surface area contributed by atoms with Gasteiger partial charge >= 0.3 is 0 Å². The van der Waals surface area contributed by atoms with Gasteiger partial charge in [0.1, 0.15) is 5.75 Å². The van der Waals surface area contributed by atoms with Gasteiger partial charge in [0.25, 0.3) is 0 Å². The summed E-state index contributed by atoms with van der Waals surface area (Å²) in [6.45, 7) is 3.25. The van der Waals surface area contributed by atoms with Crippen molar-refractivity contribution in [2.24, 2.45) is 5.92 Å². The van der Waals surface area contributed by atoms with E-state index in [0.717, 1.165) is 18.3 Å². The Bertz CT molecular complexity index is 345. The summed E-state index contributed by atoms with van der Waals surface area (Å²) in [4.78, 5) is 0. The van der Waals surface area contributed by atoms with E-state index in [2.05, 4.69) is 31.2 Å². The zero-order valence-electron chi connectivity index (χ0n) is 7.92. The molecule has 1 heteroatoms. The highest BCUT2D eigenvalue weighted by Crippen LogP contribution is 2.60. The average molecular weight is 174 g/mol. The quantitative estimate of drug-likeness (QED) is 0.587. The first-order valence-electron chi connectivity index (χ1n) is 5.05. The molecule has 3 rings (SSSR count). The highest BCUT2D eigenvalue weighted by Gasteiger charge is 2.54. The Morgan fingerprint density at radius 1 is 1.38 bits per heavy atom. The molecule has 1 aliphatic carbocycles. The van der Waals surface area contributed by atoms with Crippen molar-refractivity contribution in [3.63, 3.8) is 0 Å². The molecule has 1 aliphatic heterocycles. The van der Waals surface area contributed by atoms with Gasteiger partial charge < -0.3 is 4.74 Å². The third-order valence-electron chi connectivity index (χ3n) is 3.68. The lowest BCUT2D eigenvalue weighted by atomic mass is 9.88. The van der Waals surface area contributed by atoms with E-state index in [0.29, 0.717) is 5.41 Å². The average Bonchev–Trinajstić information content (AvgIpc) is 2.79. The normalized spacial score (nSPS) is 35.3. The van der Waals surface area contributed by atoms with Crippen LogP contribution in [-0.4, -0.2) is 6.61 Å². The molecule has 0 amide bonds. The molecule has 13 heavy (non-hydrogen) atoms. The number of rotatable bonds is 0. The molecule has 1 aromatic carbocycles. The van der Waals surface area contributed by atoms with Crippen LogP contribution in [0.2, 0.25) is 0 Å². The minimum absolute atomic E-state index is 0.495. The van der Waals surface area contributed by atoms with Crippen LogP contribution >= 0.6 is 0 Å². The van der Waals surface area contributed by atoms with Crippen molar-refractivity contribution in [2.45, 2.75) is 25.2 Å². The van der Waals surface area contributed by atoms with E-state index in [4.69, 9.17) is 4.74 Å². The standard InChI is InChI=1S/C12H14O/c1-9-8-12(9)6-7-13-11-5-3-2-4-10(11)12/h2-5,9H,6-8H2,1H3/t9-,12-/m1/s1. The number of benzene rings is 1. The van der Waals surface area contributed by atoms with Crippen molar-refractivity contribution in [3.8, 4) is 5.75 Å². The van der Waals surface area contributed by atoms with Crippen LogP contribution in [0.4, 0.5) is 0 Å². The highest BCUT2D eigenvalue weighted by molar-refractivity contribution is 5.45. The summed E-state index contributed by atoms with van der Waals surface area (Å²) >= 11 is 0. The van der Waals surface area contributed by atoms with Gasteiger partial charge in [-0.25, -0.2) is 0 Å². The lowest BCUT2D eigenvalue weighted by Crippen LogP contribution is -2.21. The minimum atomic E-state index is 0.495. The predicted octanol–water partition coefficient (Wildman–Crippen LogP) is 2.75. The molecule has 0 aromatic heterocycles. The van der Waals surface area contributed by atoms with Crippen LogP contribution in [0, 0.1) is 5.92 Å². The van der Waals surface area contributed by atoms with E-state index in [9.17, 15) is 0 Å². The molecule has 1 aromatic rings. The molecule has 1 saturated carbocycles. The largest absolute Gasteiger partial charge is 0.493 e. The summed E-state index contributed by atoms with van der Waals surface area (Å²) in [6.07, 6.45) is 2.57. The van der Waals surface area contributed by atoms with Crippen LogP contribution in [-0.2, 0) is 5.41 Å². The van der Waals surface area contributed by atoms with Crippen molar-refractivity contribution in [1.29, 1.82) is 0 Å². The molecule has 1 heterocycles. The Balaban J connectivity index is 2.13. The Labute approximate surface area is 78.7 Å². The smallest absolute Gasteiger partial charge is 0.123 e. The fourth-order valence-electron chi connectivity index (χ4n) is 2.69. The molecule has 68 valence electrons. The molecule has 0 bridgehead atoms. The maximum absolute atomic E-state index is 5.65. The molecule has 2 aliphatic rings. The molecular weight excluding hydrogens is 160 g/mol. The number of hydrogen-bond acceptors (Lipinski definition) is 1. The van der Waals surface area contributed by atoms with Crippen LogP contribution in [0.15, 0.2) is 24.3 Å². The fraction of sp³-hybridized carbons (Fsp3) is 0.500. The second-order valence-corrected chi connectivity index (χ2v) is 4.36. The third-order valence-corrected chi connectivity index (χ3v) is 3.68. The molecule has 1 spiro atoms. The topological polar surface area (TPSA) is 9.23 Å². The van der Waals surface area contributed by atoms with Crippen molar-refractivity contribution in [2.75, 3.05) is 6.61 Å². The Morgan fingerprint density at radius 2 is 2.15 bits per heavy atom. The summed E-state index contributed by atoms with van der Waals surface area (Å²) in [5, 5.41) is 0. The second-order valence-electron chi connectivity index (χ2n) is 4.36. The lowest BCUT2D eigenvalue weighted by molar-refractivity contribution is 0.255. The summed E-state index contributed by atoms with van der Waals surface area (Å²) in [5.41, 5.74) is 1.95. The van der Waals surface area contributed by atoms with Gasteiger partial charge in [-0.3, -0.25) is 0 Å². The maximum Gasteiger partial charge on any atom is 0.123 e. The van der Waals surface area contributed by atoms with E-state index < -0.39 is 0 Å². The zero-order chi connectivity index (χ0) is 8.89. The number of para-hydroxylation sites is 1. The second kappa shape index (κ2) is 2.28. The van der Waals surface area contributed by atoms with E-state index >= 15 is 0 Å². The first-order valence-corrected chi connectivity index (χ1v) is 5.05. The third kappa shape index (κ3) is 0.874. The van der Waals surface area contributed by atoms with Crippen LogP contribution in [0.1, 0.15) is 25.3 Å². The summed E-state index contributed by atoms with van der Waals surface area (Å²) in [5.74, 6) is 1.98. The van der Waals surface area contributed by atoms with Crippen LogP contribution in [0.3, 0.4) is 0 Å². The van der Waals surface area contributed by atoms with Crippen LogP contribution < -0.4 is 4.74 Å². The van der Waals surface area contributed by atoms with Gasteiger partial charge in [0.2, 0.25) is 0 Å². The molecular formula is C12H14O. The molecule has 2 atom stereocenters.